The number of pyridine rings is 1. The van der Waals surface area contributed by atoms with Crippen molar-refractivity contribution in [2.75, 3.05) is 18.4 Å². The lowest BCUT2D eigenvalue weighted by Gasteiger charge is -2.23. The molecule has 5 heteroatoms. The number of anilines is 1. The summed E-state index contributed by atoms with van der Waals surface area (Å²) in [5, 5.41) is 6.85. The van der Waals surface area contributed by atoms with Crippen molar-refractivity contribution < 1.29 is 0 Å². The Morgan fingerprint density at radius 3 is 3.22 bits per heavy atom. The standard InChI is InChI=1S/C13H17N5/c1-2-6-14-10(4-1)8-16-12-9-17-13-11(18-12)5-3-7-15-13/h3,5,7,9-10,14H,1-2,4,6,8H2,(H,16,18). The first kappa shape index (κ1) is 11.3. The van der Waals surface area contributed by atoms with E-state index in [-0.39, 0.29) is 0 Å². The Hall–Kier alpha value is -1.75. The van der Waals surface area contributed by atoms with E-state index in [0.29, 0.717) is 11.7 Å². The number of rotatable bonds is 3. The Labute approximate surface area is 106 Å². The van der Waals surface area contributed by atoms with Gasteiger partial charge in [0.1, 0.15) is 11.3 Å². The number of nitrogens with one attached hydrogen (secondary N) is 2. The largest absolute Gasteiger partial charge is 0.367 e. The van der Waals surface area contributed by atoms with Gasteiger partial charge in [0, 0.05) is 18.8 Å². The normalized spacial score (nSPS) is 19.9. The monoisotopic (exact) mass is 243 g/mol. The minimum Gasteiger partial charge on any atom is -0.367 e. The second-order valence-electron chi connectivity index (χ2n) is 4.63. The summed E-state index contributed by atoms with van der Waals surface area (Å²) < 4.78 is 0. The van der Waals surface area contributed by atoms with Crippen molar-refractivity contribution in [1.29, 1.82) is 0 Å². The molecule has 0 bridgehead atoms. The third-order valence-corrected chi connectivity index (χ3v) is 3.26. The van der Waals surface area contributed by atoms with E-state index < -0.39 is 0 Å². The van der Waals surface area contributed by atoms with Crippen LogP contribution in [0.25, 0.3) is 11.2 Å². The molecule has 0 aliphatic carbocycles. The van der Waals surface area contributed by atoms with E-state index in [1.54, 1.807) is 12.4 Å². The van der Waals surface area contributed by atoms with Crippen LogP contribution in [0.1, 0.15) is 19.3 Å². The Balaban J connectivity index is 1.66. The summed E-state index contributed by atoms with van der Waals surface area (Å²) in [7, 11) is 0. The molecule has 3 heterocycles. The summed E-state index contributed by atoms with van der Waals surface area (Å²) in [6, 6.07) is 4.35. The zero-order chi connectivity index (χ0) is 12.2. The molecule has 2 aromatic heterocycles. The molecule has 5 nitrogen and oxygen atoms in total. The third kappa shape index (κ3) is 2.56. The predicted octanol–water partition coefficient (Wildman–Crippen LogP) is 1.58. The van der Waals surface area contributed by atoms with Gasteiger partial charge in [-0.05, 0) is 31.5 Å². The fourth-order valence-electron chi connectivity index (χ4n) is 2.27. The fraction of sp³-hybridized carbons (Fsp3) is 0.462. The smallest absolute Gasteiger partial charge is 0.178 e. The molecule has 2 aromatic rings. The van der Waals surface area contributed by atoms with Crippen LogP contribution in [0.15, 0.2) is 24.5 Å². The molecule has 0 radical (unpaired) electrons. The predicted molar refractivity (Wildman–Crippen MR) is 71.5 cm³/mol. The highest BCUT2D eigenvalue weighted by atomic mass is 15.1. The van der Waals surface area contributed by atoms with Crippen molar-refractivity contribution in [2.24, 2.45) is 0 Å². The second kappa shape index (κ2) is 5.27. The first-order valence-electron chi connectivity index (χ1n) is 6.47. The van der Waals surface area contributed by atoms with E-state index in [4.69, 9.17) is 0 Å². The maximum atomic E-state index is 4.50. The number of hydrogen-bond acceptors (Lipinski definition) is 5. The Morgan fingerprint density at radius 1 is 1.33 bits per heavy atom. The quantitative estimate of drug-likeness (QED) is 0.857. The Bertz CT molecular complexity index is 522. The van der Waals surface area contributed by atoms with Crippen molar-refractivity contribution in [1.82, 2.24) is 20.3 Å². The van der Waals surface area contributed by atoms with E-state index in [1.165, 1.54) is 19.3 Å². The Kier molecular flexibility index (Phi) is 3.32. The molecule has 1 saturated heterocycles. The molecule has 3 rings (SSSR count). The molecule has 18 heavy (non-hydrogen) atoms. The molecule has 1 atom stereocenters. The summed E-state index contributed by atoms with van der Waals surface area (Å²) in [6.45, 7) is 2.03. The van der Waals surface area contributed by atoms with Gasteiger partial charge in [0.05, 0.1) is 6.20 Å². The van der Waals surface area contributed by atoms with Gasteiger partial charge in [-0.15, -0.1) is 0 Å². The number of hydrogen-bond donors (Lipinski definition) is 2. The van der Waals surface area contributed by atoms with E-state index in [2.05, 4.69) is 25.6 Å². The van der Waals surface area contributed by atoms with Gasteiger partial charge in [0.2, 0.25) is 0 Å². The number of piperidine rings is 1. The van der Waals surface area contributed by atoms with Crippen molar-refractivity contribution >= 4 is 17.0 Å². The molecular formula is C13H17N5. The van der Waals surface area contributed by atoms with Gasteiger partial charge in [0.15, 0.2) is 5.65 Å². The molecule has 94 valence electrons. The zero-order valence-electron chi connectivity index (χ0n) is 10.3. The van der Waals surface area contributed by atoms with Crippen LogP contribution in [-0.4, -0.2) is 34.1 Å². The summed E-state index contributed by atoms with van der Waals surface area (Å²) in [6.07, 6.45) is 7.31. The molecule has 1 unspecified atom stereocenters. The van der Waals surface area contributed by atoms with Crippen LogP contribution in [0, 0.1) is 0 Å². The number of nitrogens with zero attached hydrogens (tertiary/aromatic N) is 3. The highest BCUT2D eigenvalue weighted by molar-refractivity contribution is 5.70. The minimum atomic E-state index is 0.546. The highest BCUT2D eigenvalue weighted by Crippen LogP contribution is 2.11. The second-order valence-corrected chi connectivity index (χ2v) is 4.63. The van der Waals surface area contributed by atoms with E-state index in [0.717, 1.165) is 24.4 Å². The van der Waals surface area contributed by atoms with Crippen LogP contribution in [0.3, 0.4) is 0 Å². The zero-order valence-corrected chi connectivity index (χ0v) is 10.3. The van der Waals surface area contributed by atoms with Crippen LogP contribution < -0.4 is 10.6 Å². The first-order valence-corrected chi connectivity index (χ1v) is 6.47. The molecular weight excluding hydrogens is 226 g/mol. The fourth-order valence-corrected chi connectivity index (χ4v) is 2.27. The molecule has 1 aliphatic heterocycles. The van der Waals surface area contributed by atoms with Crippen LogP contribution in [0.5, 0.6) is 0 Å². The van der Waals surface area contributed by atoms with Crippen LogP contribution in [0.4, 0.5) is 5.82 Å². The molecule has 1 aliphatic rings. The Morgan fingerprint density at radius 2 is 2.33 bits per heavy atom. The molecule has 0 spiro atoms. The lowest BCUT2D eigenvalue weighted by molar-refractivity contribution is 0.414. The molecule has 0 amide bonds. The highest BCUT2D eigenvalue weighted by Gasteiger charge is 2.12. The number of fused-ring (bicyclic) bond motifs is 1. The van der Waals surface area contributed by atoms with Crippen LogP contribution >= 0.6 is 0 Å². The maximum absolute atomic E-state index is 4.50. The van der Waals surface area contributed by atoms with Gasteiger partial charge in [-0.2, -0.15) is 0 Å². The van der Waals surface area contributed by atoms with Crippen molar-refractivity contribution in [3.05, 3.63) is 24.5 Å². The molecule has 0 aromatic carbocycles. The van der Waals surface area contributed by atoms with E-state index in [1.807, 2.05) is 12.1 Å². The van der Waals surface area contributed by atoms with Gasteiger partial charge >= 0.3 is 0 Å². The summed E-state index contributed by atoms with van der Waals surface area (Å²) in [5.74, 6) is 0.822. The van der Waals surface area contributed by atoms with E-state index >= 15 is 0 Å². The number of aromatic nitrogens is 3. The summed E-state index contributed by atoms with van der Waals surface area (Å²) in [4.78, 5) is 12.9. The van der Waals surface area contributed by atoms with Gasteiger partial charge < -0.3 is 10.6 Å². The maximum Gasteiger partial charge on any atom is 0.178 e. The first-order chi connectivity index (χ1) is 8.92. The van der Waals surface area contributed by atoms with Crippen molar-refractivity contribution in [2.45, 2.75) is 25.3 Å². The lowest BCUT2D eigenvalue weighted by atomic mass is 10.1. The van der Waals surface area contributed by atoms with Gasteiger partial charge in [-0.1, -0.05) is 6.42 Å². The summed E-state index contributed by atoms with van der Waals surface area (Å²) >= 11 is 0. The van der Waals surface area contributed by atoms with E-state index in [9.17, 15) is 0 Å². The minimum absolute atomic E-state index is 0.546. The van der Waals surface area contributed by atoms with Crippen molar-refractivity contribution in [3.63, 3.8) is 0 Å². The van der Waals surface area contributed by atoms with Crippen LogP contribution in [-0.2, 0) is 0 Å². The van der Waals surface area contributed by atoms with Gasteiger partial charge in [-0.25, -0.2) is 15.0 Å². The van der Waals surface area contributed by atoms with Gasteiger partial charge in [0.25, 0.3) is 0 Å². The summed E-state index contributed by atoms with van der Waals surface area (Å²) in [5.41, 5.74) is 1.53. The SMILES string of the molecule is c1cnc2ncc(NCC3CCCCN3)nc2c1. The van der Waals surface area contributed by atoms with Crippen LogP contribution in [0.2, 0.25) is 0 Å². The van der Waals surface area contributed by atoms with Crippen molar-refractivity contribution in [3.8, 4) is 0 Å². The average Bonchev–Trinajstić information content (AvgIpc) is 2.46. The topological polar surface area (TPSA) is 62.7 Å². The average molecular weight is 243 g/mol. The molecule has 2 N–H and O–H groups in total. The third-order valence-electron chi connectivity index (χ3n) is 3.26. The lowest BCUT2D eigenvalue weighted by Crippen LogP contribution is -2.39. The molecule has 0 saturated carbocycles. The molecule has 1 fully saturated rings. The van der Waals surface area contributed by atoms with Gasteiger partial charge in [-0.3, -0.25) is 0 Å².